The van der Waals surface area contributed by atoms with Crippen molar-refractivity contribution in [1.82, 2.24) is 0 Å². The first-order valence-corrected chi connectivity index (χ1v) is 22.6. The zero-order valence-corrected chi connectivity index (χ0v) is 34.2. The van der Waals surface area contributed by atoms with E-state index in [0.717, 1.165) is 77.7 Å². The average molecular weight is 803 g/mol. The minimum atomic E-state index is -0.729. The smallest absolute Gasteiger partial charge is 0.161 e. The molecule has 0 spiro atoms. The van der Waals surface area contributed by atoms with E-state index in [1.54, 1.807) is 35.2 Å². The number of carbonyl (C=O) groups excluding carboxylic acids is 1. The minimum Gasteiger partial charge on any atom is -0.875 e. The summed E-state index contributed by atoms with van der Waals surface area (Å²) in [5.41, 5.74) is 19.9. The Hall–Kier alpha value is -4.40. The van der Waals surface area contributed by atoms with Crippen LogP contribution in [0.4, 0.5) is 0 Å². The van der Waals surface area contributed by atoms with Gasteiger partial charge in [0.2, 0.25) is 0 Å². The predicted molar refractivity (Wildman–Crippen MR) is 230 cm³/mol. The van der Waals surface area contributed by atoms with Crippen LogP contribution in [0.2, 0.25) is 0 Å². The van der Waals surface area contributed by atoms with Crippen LogP contribution in [-0.4, -0.2) is 34.1 Å². The van der Waals surface area contributed by atoms with Gasteiger partial charge in [0.15, 0.2) is 17.3 Å². The number of aliphatic imine (C=N–C) groups is 1. The van der Waals surface area contributed by atoms with Crippen molar-refractivity contribution in [2.45, 2.75) is 95.4 Å². The van der Waals surface area contributed by atoms with E-state index in [2.05, 4.69) is 35.9 Å². The van der Waals surface area contributed by atoms with Crippen LogP contribution < -0.4 is 21.3 Å². The lowest BCUT2D eigenvalue weighted by atomic mass is 9.80. The summed E-state index contributed by atoms with van der Waals surface area (Å²) in [6.07, 6.45) is 15.2. The van der Waals surface area contributed by atoms with E-state index < -0.39 is 12.1 Å². The van der Waals surface area contributed by atoms with Crippen LogP contribution in [0.1, 0.15) is 116 Å². The van der Waals surface area contributed by atoms with Crippen LogP contribution in [0.3, 0.4) is 0 Å². The predicted octanol–water partition coefficient (Wildman–Crippen LogP) is 8.42. The highest BCUT2D eigenvalue weighted by molar-refractivity contribution is 8.76. The van der Waals surface area contributed by atoms with Gasteiger partial charge in [-0.3, -0.25) is 9.79 Å². The number of nitrogens with two attached hydrogens (primary N) is 2. The van der Waals surface area contributed by atoms with Gasteiger partial charge in [0.25, 0.3) is 0 Å². The summed E-state index contributed by atoms with van der Waals surface area (Å²) in [7, 11) is 3.65. The summed E-state index contributed by atoms with van der Waals surface area (Å²) in [6.45, 7) is 2.48. The van der Waals surface area contributed by atoms with Crippen LogP contribution in [0.25, 0.3) is 0 Å². The number of ketones is 1. The van der Waals surface area contributed by atoms with Crippen molar-refractivity contribution in [1.29, 1.82) is 0 Å². The van der Waals surface area contributed by atoms with Gasteiger partial charge in [-0.15, -0.1) is 5.76 Å². The number of carbonyl (C=O) groups is 1. The van der Waals surface area contributed by atoms with Crippen LogP contribution >= 0.6 is 21.6 Å². The molecule has 3 unspecified atom stereocenters. The van der Waals surface area contributed by atoms with Gasteiger partial charge in [-0.2, -0.15) is 0 Å². The molecule has 0 aromatic heterocycles. The summed E-state index contributed by atoms with van der Waals surface area (Å²) in [5, 5.41) is 36.2. The second-order valence-electron chi connectivity index (χ2n) is 15.8. The van der Waals surface area contributed by atoms with Crippen molar-refractivity contribution >= 4 is 33.1 Å². The standard InChI is InChI=1S/C47H53N3O5S2/c1-2-3-17-47-18-13-32(27-47)28-56-57-29-34-25-37-33(24-38(34)46(48)49)5-4-6-41-36(15-20-50-41)44(54)26-39(37)40-22-31(8-11-42(40)52)16-21-55-45-23-30(9-12-43(45)53)7-10-35(51)14-19-47/h8-9,11-12,14-15,19-20,22-25,32,39,46,52-54H,2-3,6-7,10,13,16-18,21,26-29,48-49H2,1H3/p-1. The molecule has 6 N–H and O–H groups in total. The summed E-state index contributed by atoms with van der Waals surface area (Å²) in [4.78, 5) is 17.6. The molecule has 2 aliphatic carbocycles. The number of nitrogens with zero attached hydrogens (tertiary/aromatic N) is 1. The average Bonchev–Trinajstić information content (AvgIpc) is 3.85. The number of phenols is 2. The van der Waals surface area contributed by atoms with Gasteiger partial charge >= 0.3 is 0 Å². The maximum atomic E-state index is 14.1. The molecule has 57 heavy (non-hydrogen) atoms. The van der Waals surface area contributed by atoms with Crippen molar-refractivity contribution in [3.05, 3.63) is 123 Å². The van der Waals surface area contributed by atoms with Gasteiger partial charge in [0, 0.05) is 47.6 Å². The van der Waals surface area contributed by atoms with E-state index in [9.17, 15) is 20.1 Å². The number of aryl methyl sites for hydroxylation is 1. The first-order valence-electron chi connectivity index (χ1n) is 20.1. The number of aromatic hydroxyl groups is 2. The summed E-state index contributed by atoms with van der Waals surface area (Å²) in [5.74, 6) is 8.82. The molecule has 0 radical (unpaired) electrons. The summed E-state index contributed by atoms with van der Waals surface area (Å²) < 4.78 is 6.12. The number of fused-ring (bicyclic) bond motifs is 9. The molecule has 0 amide bonds. The molecule has 8 nitrogen and oxygen atoms in total. The third-order valence-electron chi connectivity index (χ3n) is 11.8. The third kappa shape index (κ3) is 9.84. The zero-order valence-electron chi connectivity index (χ0n) is 32.6. The summed E-state index contributed by atoms with van der Waals surface area (Å²) >= 11 is 0. The molecule has 2 aliphatic heterocycles. The quantitative estimate of drug-likeness (QED) is 0.116. The minimum absolute atomic E-state index is 0.0326. The second kappa shape index (κ2) is 18.5. The molecular weight excluding hydrogens is 751 g/mol. The Morgan fingerprint density at radius 1 is 1.02 bits per heavy atom. The number of hydrogen-bond donors (Lipinski definition) is 4. The lowest BCUT2D eigenvalue weighted by molar-refractivity contribution is -0.307. The lowest BCUT2D eigenvalue weighted by Crippen LogP contribution is -2.23. The number of allylic oxidation sites excluding steroid dienone is 5. The van der Waals surface area contributed by atoms with Gasteiger partial charge in [-0.05, 0) is 120 Å². The molecule has 3 atom stereocenters. The van der Waals surface area contributed by atoms with Gasteiger partial charge in [-0.25, -0.2) is 0 Å². The topological polar surface area (TPSA) is 154 Å². The van der Waals surface area contributed by atoms with Crippen molar-refractivity contribution in [3.8, 4) is 29.1 Å². The first-order chi connectivity index (χ1) is 27.6. The Morgan fingerprint density at radius 3 is 2.67 bits per heavy atom. The van der Waals surface area contributed by atoms with Crippen molar-refractivity contribution in [3.63, 3.8) is 0 Å². The van der Waals surface area contributed by atoms with E-state index in [1.165, 1.54) is 0 Å². The lowest BCUT2D eigenvalue weighted by Gasteiger charge is -2.28. The van der Waals surface area contributed by atoms with E-state index in [-0.39, 0.29) is 41.5 Å². The zero-order chi connectivity index (χ0) is 39.9. The van der Waals surface area contributed by atoms with E-state index in [4.69, 9.17) is 16.2 Å². The van der Waals surface area contributed by atoms with Gasteiger partial charge < -0.3 is 31.5 Å². The molecule has 298 valence electrons. The van der Waals surface area contributed by atoms with Crippen LogP contribution in [0.15, 0.2) is 89.3 Å². The molecule has 3 aromatic carbocycles. The van der Waals surface area contributed by atoms with Gasteiger partial charge in [-0.1, -0.05) is 83.5 Å². The number of rotatable bonds is 4. The third-order valence-corrected chi connectivity index (χ3v) is 14.3. The molecule has 8 bridgehead atoms. The first kappa shape index (κ1) is 40.8. The maximum Gasteiger partial charge on any atom is 0.161 e. The molecule has 2 heterocycles. The maximum absolute atomic E-state index is 14.1. The Labute approximate surface area is 344 Å². The molecule has 1 fully saturated rings. The van der Waals surface area contributed by atoms with Gasteiger partial charge in [0.05, 0.1) is 24.9 Å². The monoisotopic (exact) mass is 802 g/mol. The largest absolute Gasteiger partial charge is 0.875 e. The van der Waals surface area contributed by atoms with Crippen LogP contribution in [-0.2, 0) is 23.4 Å². The summed E-state index contributed by atoms with van der Waals surface area (Å²) in [6, 6.07) is 14.8. The Morgan fingerprint density at radius 2 is 1.84 bits per heavy atom. The number of ether oxygens (including phenoxy) is 1. The number of unbranched alkanes of at least 4 members (excludes halogenated alkanes) is 1. The van der Waals surface area contributed by atoms with Crippen molar-refractivity contribution in [2.24, 2.45) is 27.8 Å². The molecular formula is C47H52N3O5S2-. The SMILES string of the molecule is CCCCC12C=CC(=O)CCc3ccc(O)c(c3)OCCc3ccc(O)c(c3)C3CC([O-])=C4C=CN=C4CC#Cc4cc(C(N)N)c(cc43)CSSCC(CC1)C2. The fourth-order valence-corrected chi connectivity index (χ4v) is 11.1. The number of phenolic OH excluding ortho intramolecular Hbond substituents is 2. The molecule has 7 rings (SSSR count). The highest BCUT2D eigenvalue weighted by Crippen LogP contribution is 2.49. The fraction of sp³-hybridized carbons (Fsp3) is 0.404. The second-order valence-corrected chi connectivity index (χ2v) is 18.4. The number of benzene rings is 3. The Kier molecular flexibility index (Phi) is 13.2. The van der Waals surface area contributed by atoms with Crippen LogP contribution in [0.5, 0.6) is 17.2 Å². The normalized spacial score (nSPS) is 22.8. The Bertz CT molecular complexity index is 2180. The molecule has 3 aromatic rings. The van der Waals surface area contributed by atoms with E-state index >= 15 is 0 Å². The Balaban J connectivity index is 1.27. The fourth-order valence-electron chi connectivity index (χ4n) is 8.60. The molecule has 1 saturated carbocycles. The van der Waals surface area contributed by atoms with Crippen molar-refractivity contribution in [2.75, 3.05) is 12.4 Å². The van der Waals surface area contributed by atoms with Gasteiger partial charge in [0.1, 0.15) is 5.75 Å². The van der Waals surface area contributed by atoms with E-state index in [0.29, 0.717) is 60.0 Å². The van der Waals surface area contributed by atoms with Crippen molar-refractivity contribution < 1.29 is 24.9 Å². The number of hydrogen-bond acceptors (Lipinski definition) is 10. The van der Waals surface area contributed by atoms with Crippen LogP contribution in [0, 0.1) is 23.2 Å². The molecule has 10 heteroatoms. The molecule has 0 saturated heterocycles. The highest BCUT2D eigenvalue weighted by atomic mass is 33.1. The molecule has 4 aliphatic rings. The van der Waals surface area contributed by atoms with E-state index in [1.807, 2.05) is 47.2 Å². The highest BCUT2D eigenvalue weighted by Gasteiger charge is 2.36.